The number of hydrogen-bond donors (Lipinski definition) is 2. The summed E-state index contributed by atoms with van der Waals surface area (Å²) in [6, 6.07) is 20.8. The maximum atomic E-state index is 7.55. The molecule has 2 nitrogen and oxygen atoms in total. The summed E-state index contributed by atoms with van der Waals surface area (Å²) in [4.78, 5) is 0. The van der Waals surface area contributed by atoms with Crippen molar-refractivity contribution in [2.24, 2.45) is 5.73 Å². The molecule has 0 radical (unpaired) electrons. The minimum Gasteiger partial charge on any atom is -0.384 e. The predicted molar refractivity (Wildman–Crippen MR) is 96.5 cm³/mol. The van der Waals surface area contributed by atoms with Crippen LogP contribution in [-0.4, -0.2) is 5.84 Å². The minimum absolute atomic E-state index is 0.0990. The van der Waals surface area contributed by atoms with Gasteiger partial charge in [0, 0.05) is 10.0 Å². The molecule has 0 bridgehead atoms. The third kappa shape index (κ3) is 3.20. The van der Waals surface area contributed by atoms with Gasteiger partial charge in [-0.15, -0.1) is 0 Å². The van der Waals surface area contributed by atoms with Crippen molar-refractivity contribution in [1.82, 2.24) is 0 Å². The van der Waals surface area contributed by atoms with Crippen molar-refractivity contribution in [1.29, 1.82) is 5.41 Å². The Labute approximate surface area is 138 Å². The molecule has 0 fully saturated rings. The zero-order valence-electron chi connectivity index (χ0n) is 12.1. The lowest BCUT2D eigenvalue weighted by Crippen LogP contribution is -2.10. The van der Waals surface area contributed by atoms with E-state index in [0.717, 1.165) is 28.3 Å². The number of amidine groups is 1. The van der Waals surface area contributed by atoms with Crippen LogP contribution in [0.15, 0.2) is 65.1 Å². The maximum Gasteiger partial charge on any atom is 0.122 e. The van der Waals surface area contributed by atoms with E-state index < -0.39 is 0 Å². The highest BCUT2D eigenvalue weighted by Gasteiger charge is 2.05. The first kappa shape index (κ1) is 14.8. The van der Waals surface area contributed by atoms with Gasteiger partial charge in [0.05, 0.1) is 0 Å². The van der Waals surface area contributed by atoms with Crippen LogP contribution in [0.4, 0.5) is 0 Å². The fourth-order valence-electron chi connectivity index (χ4n) is 2.62. The zero-order chi connectivity index (χ0) is 15.5. The van der Waals surface area contributed by atoms with Crippen LogP contribution in [0.2, 0.25) is 0 Å². The van der Waals surface area contributed by atoms with Crippen molar-refractivity contribution in [3.05, 3.63) is 81.8 Å². The second kappa shape index (κ2) is 6.32. The highest BCUT2D eigenvalue weighted by molar-refractivity contribution is 9.10. The second-order valence-corrected chi connectivity index (χ2v) is 6.27. The Balaban J connectivity index is 1.89. The lowest BCUT2D eigenvalue weighted by Gasteiger charge is -2.08. The number of fused-ring (bicyclic) bond motifs is 1. The average Bonchev–Trinajstić information content (AvgIpc) is 2.53. The van der Waals surface area contributed by atoms with Gasteiger partial charge in [0.2, 0.25) is 0 Å². The van der Waals surface area contributed by atoms with Crippen LogP contribution in [0.5, 0.6) is 0 Å². The van der Waals surface area contributed by atoms with Crippen molar-refractivity contribution in [3.63, 3.8) is 0 Å². The fourth-order valence-corrected chi connectivity index (χ4v) is 3.25. The van der Waals surface area contributed by atoms with Crippen LogP contribution in [0, 0.1) is 5.41 Å². The Morgan fingerprint density at radius 3 is 2.36 bits per heavy atom. The molecule has 0 aliphatic rings. The molecule has 3 rings (SSSR count). The quantitative estimate of drug-likeness (QED) is 0.520. The van der Waals surface area contributed by atoms with E-state index in [2.05, 4.69) is 52.3 Å². The Morgan fingerprint density at radius 2 is 1.64 bits per heavy atom. The van der Waals surface area contributed by atoms with Crippen molar-refractivity contribution < 1.29 is 0 Å². The van der Waals surface area contributed by atoms with Gasteiger partial charge in [-0.1, -0.05) is 64.5 Å². The van der Waals surface area contributed by atoms with Crippen LogP contribution in [0.1, 0.15) is 16.7 Å². The van der Waals surface area contributed by atoms with Gasteiger partial charge in [-0.2, -0.15) is 0 Å². The van der Waals surface area contributed by atoms with E-state index in [4.69, 9.17) is 11.1 Å². The van der Waals surface area contributed by atoms with Crippen LogP contribution in [0.3, 0.4) is 0 Å². The van der Waals surface area contributed by atoms with Crippen molar-refractivity contribution in [2.75, 3.05) is 0 Å². The summed E-state index contributed by atoms with van der Waals surface area (Å²) >= 11 is 3.65. The monoisotopic (exact) mass is 352 g/mol. The molecule has 0 unspecified atom stereocenters. The molecule has 3 aromatic rings. The Hall–Kier alpha value is -2.13. The number of rotatable bonds is 4. The Kier molecular flexibility index (Phi) is 4.25. The van der Waals surface area contributed by atoms with Crippen LogP contribution < -0.4 is 5.73 Å². The third-order valence-corrected chi connectivity index (χ3v) is 4.48. The Bertz CT molecular complexity index is 825. The lowest BCUT2D eigenvalue weighted by atomic mass is 10.00. The van der Waals surface area contributed by atoms with E-state index in [1.54, 1.807) is 0 Å². The number of aryl methyl sites for hydroxylation is 2. The molecule has 3 aromatic carbocycles. The van der Waals surface area contributed by atoms with E-state index >= 15 is 0 Å². The summed E-state index contributed by atoms with van der Waals surface area (Å²) < 4.78 is 1.05. The van der Waals surface area contributed by atoms with Crippen LogP contribution >= 0.6 is 15.9 Å². The van der Waals surface area contributed by atoms with Crippen molar-refractivity contribution >= 4 is 32.5 Å². The lowest BCUT2D eigenvalue weighted by molar-refractivity contribution is 0.961. The molecule has 0 aliphatic carbocycles. The number of halogens is 1. The van der Waals surface area contributed by atoms with Gasteiger partial charge in [-0.3, -0.25) is 5.41 Å². The van der Waals surface area contributed by atoms with Gasteiger partial charge in [0.15, 0.2) is 0 Å². The number of benzene rings is 3. The summed E-state index contributed by atoms with van der Waals surface area (Å²) in [7, 11) is 0. The molecule has 3 N–H and O–H groups in total. The van der Waals surface area contributed by atoms with Crippen LogP contribution in [0.25, 0.3) is 10.8 Å². The molecule has 0 saturated heterocycles. The summed E-state index contributed by atoms with van der Waals surface area (Å²) in [5.41, 5.74) is 8.98. The summed E-state index contributed by atoms with van der Waals surface area (Å²) in [5, 5.41) is 9.81. The second-order valence-electron chi connectivity index (χ2n) is 5.41. The van der Waals surface area contributed by atoms with E-state index in [0.29, 0.717) is 0 Å². The Morgan fingerprint density at radius 1 is 0.909 bits per heavy atom. The molecule has 3 heteroatoms. The van der Waals surface area contributed by atoms with Gasteiger partial charge >= 0.3 is 0 Å². The van der Waals surface area contributed by atoms with E-state index in [-0.39, 0.29) is 5.84 Å². The normalized spacial score (nSPS) is 10.8. The van der Waals surface area contributed by atoms with Gasteiger partial charge < -0.3 is 5.73 Å². The van der Waals surface area contributed by atoms with Gasteiger partial charge in [-0.25, -0.2) is 0 Å². The first-order chi connectivity index (χ1) is 10.6. The van der Waals surface area contributed by atoms with Crippen LogP contribution in [-0.2, 0) is 12.8 Å². The summed E-state index contributed by atoms with van der Waals surface area (Å²) in [6.07, 6.45) is 2.04. The molecular weight excluding hydrogens is 336 g/mol. The smallest absolute Gasteiger partial charge is 0.122 e. The van der Waals surface area contributed by atoms with E-state index in [1.807, 2.05) is 24.3 Å². The fraction of sp³-hybridized carbons (Fsp3) is 0.105. The number of hydrogen-bond acceptors (Lipinski definition) is 1. The van der Waals surface area contributed by atoms with Crippen molar-refractivity contribution in [3.8, 4) is 0 Å². The number of nitrogens with one attached hydrogen (secondary N) is 1. The van der Waals surface area contributed by atoms with Gasteiger partial charge in [-0.05, 0) is 46.9 Å². The molecule has 0 aromatic heterocycles. The summed E-state index contributed by atoms with van der Waals surface area (Å²) in [6.45, 7) is 0. The number of nitrogens with two attached hydrogens (primary N) is 1. The molecule has 0 heterocycles. The average molecular weight is 353 g/mol. The molecule has 0 saturated carbocycles. The first-order valence-electron chi connectivity index (χ1n) is 7.24. The molecule has 22 heavy (non-hydrogen) atoms. The SMILES string of the molecule is N=C(N)c1ccc2cc(CCc3ccccc3)cc(Br)c2c1. The number of nitrogen functional groups attached to an aromatic ring is 1. The maximum absolute atomic E-state index is 7.55. The summed E-state index contributed by atoms with van der Waals surface area (Å²) in [5.74, 6) is 0.0990. The molecular formula is C19H17BrN2. The van der Waals surface area contributed by atoms with Gasteiger partial charge in [0.1, 0.15) is 5.84 Å². The van der Waals surface area contributed by atoms with E-state index in [1.165, 1.54) is 16.5 Å². The highest BCUT2D eigenvalue weighted by atomic mass is 79.9. The van der Waals surface area contributed by atoms with Crippen molar-refractivity contribution in [2.45, 2.75) is 12.8 Å². The molecule has 0 spiro atoms. The largest absolute Gasteiger partial charge is 0.384 e. The molecule has 0 atom stereocenters. The third-order valence-electron chi connectivity index (χ3n) is 3.82. The molecule has 0 aliphatic heterocycles. The topological polar surface area (TPSA) is 49.9 Å². The zero-order valence-corrected chi connectivity index (χ0v) is 13.7. The molecule has 0 amide bonds. The first-order valence-corrected chi connectivity index (χ1v) is 8.03. The van der Waals surface area contributed by atoms with E-state index in [9.17, 15) is 0 Å². The standard InChI is InChI=1S/C19H17BrN2/c20-18-11-14(7-6-13-4-2-1-3-5-13)10-15-8-9-16(19(21)22)12-17(15)18/h1-5,8-12H,6-7H2,(H3,21,22). The van der Waals surface area contributed by atoms with Gasteiger partial charge in [0.25, 0.3) is 0 Å². The highest BCUT2D eigenvalue weighted by Crippen LogP contribution is 2.27. The predicted octanol–water partition coefficient (Wildman–Crippen LogP) is 4.67. The molecule has 110 valence electrons. The minimum atomic E-state index is 0.0990.